The summed E-state index contributed by atoms with van der Waals surface area (Å²) < 4.78 is 5.79. The van der Waals surface area contributed by atoms with Crippen LogP contribution in [0.25, 0.3) is 0 Å². The highest BCUT2D eigenvalue weighted by Gasteiger charge is 2.36. The smallest absolute Gasteiger partial charge is 0.0646 e. The minimum absolute atomic E-state index is 0.396. The lowest BCUT2D eigenvalue weighted by atomic mass is 10.0. The largest absolute Gasteiger partial charge is 0.375 e. The first-order valence-electron chi connectivity index (χ1n) is 4.59. The summed E-state index contributed by atoms with van der Waals surface area (Å²) >= 11 is 0. The van der Waals surface area contributed by atoms with Gasteiger partial charge in [0.05, 0.1) is 12.2 Å². The second kappa shape index (κ2) is 2.63. The van der Waals surface area contributed by atoms with Gasteiger partial charge in [0.15, 0.2) is 0 Å². The average Bonchev–Trinajstić information content (AvgIpc) is 2.45. The first-order chi connectivity index (χ1) is 5.25. The molecule has 3 atom stereocenters. The third-order valence-corrected chi connectivity index (χ3v) is 2.66. The molecule has 0 N–H and O–H groups in total. The van der Waals surface area contributed by atoms with E-state index in [4.69, 9.17) is 4.74 Å². The molecule has 11 heavy (non-hydrogen) atoms. The van der Waals surface area contributed by atoms with E-state index in [-0.39, 0.29) is 0 Å². The van der Waals surface area contributed by atoms with Gasteiger partial charge >= 0.3 is 0 Å². The van der Waals surface area contributed by atoms with Crippen LogP contribution in [-0.4, -0.2) is 12.2 Å². The van der Waals surface area contributed by atoms with Crippen LogP contribution in [0.4, 0.5) is 0 Å². The molecule has 3 unspecified atom stereocenters. The van der Waals surface area contributed by atoms with E-state index in [1.54, 1.807) is 0 Å². The molecule has 2 bridgehead atoms. The molecule has 2 aliphatic rings. The molecule has 0 aromatic carbocycles. The summed E-state index contributed by atoms with van der Waals surface area (Å²) in [6.07, 6.45) is 8.22. The van der Waals surface area contributed by atoms with E-state index >= 15 is 0 Å². The third kappa shape index (κ3) is 1.34. The summed E-state index contributed by atoms with van der Waals surface area (Å²) in [6, 6.07) is 0. The lowest BCUT2D eigenvalue weighted by Crippen LogP contribution is -2.21. The zero-order valence-electron chi connectivity index (χ0n) is 7.29. The monoisotopic (exact) mass is 152 g/mol. The van der Waals surface area contributed by atoms with Gasteiger partial charge in [0.1, 0.15) is 0 Å². The molecule has 0 spiro atoms. The topological polar surface area (TPSA) is 9.23 Å². The van der Waals surface area contributed by atoms with E-state index in [0.29, 0.717) is 12.2 Å². The predicted octanol–water partition coefficient (Wildman–Crippen LogP) is 2.38. The van der Waals surface area contributed by atoms with Gasteiger partial charge in [-0.15, -0.1) is 0 Å². The third-order valence-electron chi connectivity index (χ3n) is 2.66. The second-order valence-electron chi connectivity index (χ2n) is 4.00. The highest BCUT2D eigenvalue weighted by molar-refractivity contribution is 5.11. The molecule has 0 radical (unpaired) electrons. The van der Waals surface area contributed by atoms with E-state index in [1.165, 1.54) is 12.8 Å². The maximum atomic E-state index is 5.79. The van der Waals surface area contributed by atoms with Crippen molar-refractivity contribution in [2.75, 3.05) is 0 Å². The van der Waals surface area contributed by atoms with Crippen LogP contribution in [-0.2, 0) is 4.74 Å². The summed E-state index contributed by atoms with van der Waals surface area (Å²) in [4.78, 5) is 0. The van der Waals surface area contributed by atoms with E-state index < -0.39 is 0 Å². The number of rotatable bonds is 2. The molecule has 1 heteroatoms. The highest BCUT2D eigenvalue weighted by atomic mass is 16.5. The summed E-state index contributed by atoms with van der Waals surface area (Å²) in [5, 5.41) is 0. The van der Waals surface area contributed by atoms with Gasteiger partial charge in [0.2, 0.25) is 0 Å². The van der Waals surface area contributed by atoms with E-state index in [2.05, 4.69) is 26.0 Å². The lowest BCUT2D eigenvalue weighted by molar-refractivity contribution is -0.00583. The molecule has 62 valence electrons. The van der Waals surface area contributed by atoms with Crippen molar-refractivity contribution in [3.63, 3.8) is 0 Å². The van der Waals surface area contributed by atoms with Crippen LogP contribution in [0.5, 0.6) is 0 Å². The maximum Gasteiger partial charge on any atom is 0.0646 e. The molecule has 1 nitrogen and oxygen atoms in total. The molecule has 2 rings (SSSR count). The Morgan fingerprint density at radius 3 is 2.55 bits per heavy atom. The van der Waals surface area contributed by atoms with E-state index in [9.17, 15) is 0 Å². The van der Waals surface area contributed by atoms with Crippen LogP contribution in [0.15, 0.2) is 12.2 Å². The van der Waals surface area contributed by atoms with Crippen molar-refractivity contribution in [2.45, 2.75) is 38.9 Å². The van der Waals surface area contributed by atoms with Crippen molar-refractivity contribution in [2.24, 2.45) is 11.8 Å². The average molecular weight is 152 g/mol. The van der Waals surface area contributed by atoms with Crippen LogP contribution in [0.1, 0.15) is 26.7 Å². The second-order valence-corrected chi connectivity index (χ2v) is 4.00. The molecule has 0 aromatic heterocycles. The van der Waals surface area contributed by atoms with Gasteiger partial charge in [-0.3, -0.25) is 0 Å². The minimum atomic E-state index is 0.396. The Labute approximate surface area is 68.4 Å². The van der Waals surface area contributed by atoms with Gasteiger partial charge in [-0.1, -0.05) is 12.2 Å². The number of hydrogen-bond donors (Lipinski definition) is 0. The first kappa shape index (κ1) is 7.35. The molecular formula is C10H16O. The molecular weight excluding hydrogens is 136 g/mol. The Morgan fingerprint density at radius 2 is 2.09 bits per heavy atom. The quantitative estimate of drug-likeness (QED) is 0.552. The Bertz CT molecular complexity index is 172. The number of fused-ring (bicyclic) bond motifs is 2. The van der Waals surface area contributed by atoms with Crippen molar-refractivity contribution in [3.8, 4) is 0 Å². The Hall–Kier alpha value is -0.300. The van der Waals surface area contributed by atoms with Crippen LogP contribution < -0.4 is 0 Å². The van der Waals surface area contributed by atoms with Crippen LogP contribution in [0, 0.1) is 11.8 Å². The maximum absolute atomic E-state index is 5.79. The molecule has 0 saturated heterocycles. The van der Waals surface area contributed by atoms with E-state index in [0.717, 1.165) is 11.8 Å². The predicted molar refractivity (Wildman–Crippen MR) is 45.4 cm³/mol. The number of allylic oxidation sites excluding steroid dienone is 1. The first-order valence-corrected chi connectivity index (χ1v) is 4.59. The fraction of sp³-hybridized carbons (Fsp3) is 0.800. The summed E-state index contributed by atoms with van der Waals surface area (Å²) in [6.45, 7) is 4.24. The summed E-state index contributed by atoms with van der Waals surface area (Å²) in [5.74, 6) is 1.58. The standard InChI is InChI=1S/C10H16O/c1-7(2)11-10-6-8-3-4-9(10)5-8/h3-4,7-10H,5-6H2,1-2H3. The van der Waals surface area contributed by atoms with Gasteiger partial charge in [-0.2, -0.15) is 0 Å². The Kier molecular flexibility index (Phi) is 1.76. The van der Waals surface area contributed by atoms with Crippen molar-refractivity contribution in [1.82, 2.24) is 0 Å². The number of hydrogen-bond acceptors (Lipinski definition) is 1. The van der Waals surface area contributed by atoms with Gasteiger partial charge in [-0.05, 0) is 32.6 Å². The molecule has 0 amide bonds. The fourth-order valence-corrected chi connectivity index (χ4v) is 2.24. The van der Waals surface area contributed by atoms with Crippen LogP contribution >= 0.6 is 0 Å². The van der Waals surface area contributed by atoms with Gasteiger partial charge in [-0.25, -0.2) is 0 Å². The SMILES string of the molecule is CC(C)OC1CC2C=CC1C2. The molecule has 1 saturated carbocycles. The minimum Gasteiger partial charge on any atom is -0.375 e. The molecule has 0 aliphatic heterocycles. The fourth-order valence-electron chi connectivity index (χ4n) is 2.24. The lowest BCUT2D eigenvalue weighted by Gasteiger charge is -2.21. The van der Waals surface area contributed by atoms with Crippen LogP contribution in [0.2, 0.25) is 0 Å². The zero-order chi connectivity index (χ0) is 7.84. The van der Waals surface area contributed by atoms with Crippen molar-refractivity contribution in [1.29, 1.82) is 0 Å². The molecule has 0 heterocycles. The number of ether oxygens (including phenoxy) is 1. The highest BCUT2D eigenvalue weighted by Crippen LogP contribution is 2.40. The normalized spacial score (nSPS) is 40.8. The van der Waals surface area contributed by atoms with Gasteiger partial charge < -0.3 is 4.74 Å². The van der Waals surface area contributed by atoms with Crippen molar-refractivity contribution < 1.29 is 4.74 Å². The molecule has 2 aliphatic carbocycles. The molecule has 1 fully saturated rings. The molecule has 0 aromatic rings. The Morgan fingerprint density at radius 1 is 1.27 bits per heavy atom. The summed E-state index contributed by atoms with van der Waals surface area (Å²) in [7, 11) is 0. The van der Waals surface area contributed by atoms with Crippen molar-refractivity contribution >= 4 is 0 Å². The van der Waals surface area contributed by atoms with Gasteiger partial charge in [0.25, 0.3) is 0 Å². The van der Waals surface area contributed by atoms with Crippen molar-refractivity contribution in [3.05, 3.63) is 12.2 Å². The van der Waals surface area contributed by atoms with Gasteiger partial charge in [0, 0.05) is 5.92 Å². The Balaban J connectivity index is 1.93. The van der Waals surface area contributed by atoms with Crippen LogP contribution in [0.3, 0.4) is 0 Å². The summed E-state index contributed by atoms with van der Waals surface area (Å²) in [5.41, 5.74) is 0. The van der Waals surface area contributed by atoms with E-state index in [1.807, 2.05) is 0 Å². The zero-order valence-corrected chi connectivity index (χ0v) is 7.29.